The van der Waals surface area contributed by atoms with E-state index in [0.29, 0.717) is 23.9 Å². The van der Waals surface area contributed by atoms with E-state index in [-0.39, 0.29) is 0 Å². The van der Waals surface area contributed by atoms with Crippen LogP contribution < -0.4 is 11.1 Å². The topological polar surface area (TPSA) is 73.1 Å². The lowest BCUT2D eigenvalue weighted by Crippen LogP contribution is -2.40. The Morgan fingerprint density at radius 1 is 1.41 bits per heavy atom. The molecule has 0 spiro atoms. The van der Waals surface area contributed by atoms with E-state index >= 15 is 0 Å². The molecule has 0 atom stereocenters. The Morgan fingerprint density at radius 3 is 2.71 bits per heavy atom. The SMILES string of the molecule is COC1CC(Nc2ncnc(N)c2C(C)C)C1. The summed E-state index contributed by atoms with van der Waals surface area (Å²) >= 11 is 0. The number of nitrogens with two attached hydrogens (primary N) is 1. The summed E-state index contributed by atoms with van der Waals surface area (Å²) in [5.74, 6) is 1.75. The van der Waals surface area contributed by atoms with Crippen molar-refractivity contribution in [3.8, 4) is 0 Å². The lowest BCUT2D eigenvalue weighted by molar-refractivity contribution is 0.0327. The lowest BCUT2D eigenvalue weighted by Gasteiger charge is -2.35. The van der Waals surface area contributed by atoms with Crippen molar-refractivity contribution in [2.45, 2.75) is 44.8 Å². The van der Waals surface area contributed by atoms with Crippen LogP contribution in [0.4, 0.5) is 11.6 Å². The fourth-order valence-electron chi connectivity index (χ4n) is 2.16. The van der Waals surface area contributed by atoms with Crippen LogP contribution in [0.5, 0.6) is 0 Å². The lowest BCUT2D eigenvalue weighted by atomic mass is 9.89. The van der Waals surface area contributed by atoms with Crippen LogP contribution in [0.25, 0.3) is 0 Å². The number of methoxy groups -OCH3 is 1. The van der Waals surface area contributed by atoms with Gasteiger partial charge in [-0.05, 0) is 18.8 Å². The molecule has 1 aliphatic rings. The Kier molecular flexibility index (Phi) is 3.47. The number of anilines is 2. The minimum atomic E-state index is 0.317. The third kappa shape index (κ3) is 2.49. The van der Waals surface area contributed by atoms with Gasteiger partial charge in [-0.1, -0.05) is 13.8 Å². The number of nitrogens with one attached hydrogen (secondary N) is 1. The highest BCUT2D eigenvalue weighted by Gasteiger charge is 2.30. The fraction of sp³-hybridized carbons (Fsp3) is 0.667. The van der Waals surface area contributed by atoms with E-state index in [0.717, 1.165) is 24.2 Å². The molecule has 0 bridgehead atoms. The Morgan fingerprint density at radius 2 is 2.12 bits per heavy atom. The van der Waals surface area contributed by atoms with Gasteiger partial charge >= 0.3 is 0 Å². The van der Waals surface area contributed by atoms with Gasteiger partial charge in [-0.3, -0.25) is 0 Å². The number of hydrogen-bond acceptors (Lipinski definition) is 5. The predicted molar refractivity (Wildman–Crippen MR) is 68.0 cm³/mol. The Balaban J connectivity index is 2.08. The van der Waals surface area contributed by atoms with Crippen LogP contribution in [0.15, 0.2) is 6.33 Å². The van der Waals surface area contributed by atoms with Gasteiger partial charge in [0, 0.05) is 18.7 Å². The second-order valence-electron chi connectivity index (χ2n) is 4.85. The van der Waals surface area contributed by atoms with Crippen molar-refractivity contribution in [3.05, 3.63) is 11.9 Å². The average molecular weight is 236 g/mol. The molecule has 94 valence electrons. The first kappa shape index (κ1) is 12.1. The summed E-state index contributed by atoms with van der Waals surface area (Å²) in [5.41, 5.74) is 6.90. The molecular formula is C12H20N4O. The smallest absolute Gasteiger partial charge is 0.135 e. The van der Waals surface area contributed by atoms with Crippen LogP contribution in [-0.2, 0) is 4.74 Å². The van der Waals surface area contributed by atoms with E-state index in [1.165, 1.54) is 6.33 Å². The van der Waals surface area contributed by atoms with Gasteiger partial charge < -0.3 is 15.8 Å². The van der Waals surface area contributed by atoms with E-state index < -0.39 is 0 Å². The minimum absolute atomic E-state index is 0.317. The summed E-state index contributed by atoms with van der Waals surface area (Å²) in [6, 6.07) is 0.437. The number of nitrogen functional groups attached to an aromatic ring is 1. The molecule has 0 unspecified atom stereocenters. The molecule has 1 fully saturated rings. The summed E-state index contributed by atoms with van der Waals surface area (Å²) < 4.78 is 5.26. The largest absolute Gasteiger partial charge is 0.383 e. The van der Waals surface area contributed by atoms with Gasteiger partial charge in [0.15, 0.2) is 0 Å². The Labute approximate surface area is 102 Å². The van der Waals surface area contributed by atoms with E-state index in [1.807, 2.05) is 0 Å². The zero-order chi connectivity index (χ0) is 12.4. The van der Waals surface area contributed by atoms with Gasteiger partial charge in [0.05, 0.1) is 6.10 Å². The zero-order valence-electron chi connectivity index (χ0n) is 10.6. The average Bonchev–Trinajstić information content (AvgIpc) is 2.22. The molecule has 0 saturated heterocycles. The number of rotatable bonds is 4. The molecule has 1 aliphatic carbocycles. The van der Waals surface area contributed by atoms with Crippen LogP contribution in [0.3, 0.4) is 0 Å². The molecule has 0 amide bonds. The number of aromatic nitrogens is 2. The first-order valence-electron chi connectivity index (χ1n) is 6.01. The van der Waals surface area contributed by atoms with Crippen molar-refractivity contribution in [2.75, 3.05) is 18.2 Å². The van der Waals surface area contributed by atoms with Crippen LogP contribution in [0.2, 0.25) is 0 Å². The molecule has 0 radical (unpaired) electrons. The van der Waals surface area contributed by atoms with Crippen LogP contribution in [-0.4, -0.2) is 29.2 Å². The fourth-order valence-corrected chi connectivity index (χ4v) is 2.16. The molecular weight excluding hydrogens is 216 g/mol. The molecule has 5 heteroatoms. The Bertz CT molecular complexity index is 388. The van der Waals surface area contributed by atoms with Crippen molar-refractivity contribution in [3.63, 3.8) is 0 Å². The maximum atomic E-state index is 5.90. The van der Waals surface area contributed by atoms with Crippen LogP contribution in [0.1, 0.15) is 38.2 Å². The van der Waals surface area contributed by atoms with Crippen molar-refractivity contribution >= 4 is 11.6 Å². The first-order chi connectivity index (χ1) is 8.11. The molecule has 0 aliphatic heterocycles. The van der Waals surface area contributed by atoms with E-state index in [2.05, 4.69) is 29.1 Å². The van der Waals surface area contributed by atoms with Crippen LogP contribution in [0, 0.1) is 0 Å². The van der Waals surface area contributed by atoms with E-state index in [4.69, 9.17) is 10.5 Å². The van der Waals surface area contributed by atoms with Gasteiger partial charge in [0.25, 0.3) is 0 Å². The molecule has 0 aromatic carbocycles. The predicted octanol–water partition coefficient (Wildman–Crippen LogP) is 1.77. The monoisotopic (exact) mass is 236 g/mol. The third-order valence-electron chi connectivity index (χ3n) is 3.26. The van der Waals surface area contributed by atoms with Gasteiger partial charge in [-0.15, -0.1) is 0 Å². The standard InChI is InChI=1S/C12H20N4O/c1-7(2)10-11(13)14-6-15-12(10)16-8-4-9(5-8)17-3/h6-9H,4-5H2,1-3H3,(H3,13,14,15,16). The third-order valence-corrected chi connectivity index (χ3v) is 3.26. The second-order valence-corrected chi connectivity index (χ2v) is 4.85. The number of hydrogen-bond donors (Lipinski definition) is 2. The maximum absolute atomic E-state index is 5.90. The zero-order valence-corrected chi connectivity index (χ0v) is 10.6. The summed E-state index contributed by atoms with van der Waals surface area (Å²) in [5, 5.41) is 3.42. The molecule has 1 aromatic heterocycles. The highest BCUT2D eigenvalue weighted by Crippen LogP contribution is 2.31. The molecule has 2 rings (SSSR count). The highest BCUT2D eigenvalue weighted by atomic mass is 16.5. The van der Waals surface area contributed by atoms with Crippen molar-refractivity contribution < 1.29 is 4.74 Å². The first-order valence-corrected chi connectivity index (χ1v) is 6.01. The van der Waals surface area contributed by atoms with Crippen molar-refractivity contribution in [1.29, 1.82) is 0 Å². The number of nitrogens with zero attached hydrogens (tertiary/aromatic N) is 2. The van der Waals surface area contributed by atoms with Crippen molar-refractivity contribution in [2.24, 2.45) is 0 Å². The van der Waals surface area contributed by atoms with Crippen LogP contribution >= 0.6 is 0 Å². The van der Waals surface area contributed by atoms with Gasteiger partial charge in [0.1, 0.15) is 18.0 Å². The molecule has 1 aromatic rings. The second kappa shape index (κ2) is 4.87. The van der Waals surface area contributed by atoms with Crippen molar-refractivity contribution in [1.82, 2.24) is 9.97 Å². The molecule has 3 N–H and O–H groups in total. The molecule has 5 nitrogen and oxygen atoms in total. The summed E-state index contributed by atoms with van der Waals surface area (Å²) in [4.78, 5) is 8.34. The summed E-state index contributed by atoms with van der Waals surface area (Å²) in [6.45, 7) is 4.19. The molecule has 1 heterocycles. The number of ether oxygens (including phenoxy) is 1. The van der Waals surface area contributed by atoms with Gasteiger partial charge in [-0.25, -0.2) is 9.97 Å². The van der Waals surface area contributed by atoms with E-state index in [9.17, 15) is 0 Å². The quantitative estimate of drug-likeness (QED) is 0.833. The molecule has 17 heavy (non-hydrogen) atoms. The minimum Gasteiger partial charge on any atom is -0.383 e. The normalized spacial score (nSPS) is 23.5. The van der Waals surface area contributed by atoms with E-state index in [1.54, 1.807) is 7.11 Å². The summed E-state index contributed by atoms with van der Waals surface area (Å²) in [7, 11) is 1.75. The summed E-state index contributed by atoms with van der Waals surface area (Å²) in [6.07, 6.45) is 3.94. The molecule has 1 saturated carbocycles. The van der Waals surface area contributed by atoms with Gasteiger partial charge in [-0.2, -0.15) is 0 Å². The van der Waals surface area contributed by atoms with Gasteiger partial charge in [0.2, 0.25) is 0 Å². The highest BCUT2D eigenvalue weighted by molar-refractivity contribution is 5.57. The maximum Gasteiger partial charge on any atom is 0.135 e. The Hall–Kier alpha value is -1.36.